The average Bonchev–Trinajstić information content (AvgIpc) is 2.51. The summed E-state index contributed by atoms with van der Waals surface area (Å²) in [4.78, 5) is 23.1. The van der Waals surface area contributed by atoms with E-state index in [9.17, 15) is 9.59 Å². The molecule has 23 heavy (non-hydrogen) atoms. The lowest BCUT2D eigenvalue weighted by atomic mass is 10.0. The number of methoxy groups -OCH3 is 2. The Morgan fingerprint density at radius 1 is 1.13 bits per heavy atom. The molecule has 6 nitrogen and oxygen atoms in total. The molecule has 0 unspecified atom stereocenters. The van der Waals surface area contributed by atoms with Crippen LogP contribution in [0.15, 0.2) is 18.2 Å². The van der Waals surface area contributed by atoms with E-state index in [0.29, 0.717) is 24.3 Å². The standard InChI is InChI=1S/C17H25NO5/c1-11(2)7-15(17(20)21)18-16(19)6-5-12-8-13(22-3)10-14(9-12)23-4/h8-11,15H,5-7H2,1-4H3,(H,18,19)(H,20,21)/t15-/m1/s1. The normalized spacial score (nSPS) is 11.9. The van der Waals surface area contributed by atoms with E-state index in [-0.39, 0.29) is 18.2 Å². The molecular formula is C17H25NO5. The molecule has 0 aromatic heterocycles. The largest absolute Gasteiger partial charge is 0.497 e. The summed E-state index contributed by atoms with van der Waals surface area (Å²) in [6, 6.07) is 4.58. The molecule has 0 spiro atoms. The Bertz CT molecular complexity index is 520. The van der Waals surface area contributed by atoms with Crippen molar-refractivity contribution in [3.63, 3.8) is 0 Å². The molecular weight excluding hydrogens is 298 g/mol. The molecule has 1 aromatic carbocycles. The van der Waals surface area contributed by atoms with Crippen LogP contribution in [0.3, 0.4) is 0 Å². The van der Waals surface area contributed by atoms with Crippen LogP contribution in [0.25, 0.3) is 0 Å². The molecule has 1 atom stereocenters. The molecule has 0 aliphatic carbocycles. The van der Waals surface area contributed by atoms with Gasteiger partial charge in [0.15, 0.2) is 0 Å². The first kappa shape index (κ1) is 18.8. The van der Waals surface area contributed by atoms with Gasteiger partial charge in [0.1, 0.15) is 17.5 Å². The van der Waals surface area contributed by atoms with Crippen molar-refractivity contribution in [1.29, 1.82) is 0 Å². The van der Waals surface area contributed by atoms with Gasteiger partial charge in [0.2, 0.25) is 5.91 Å². The second kappa shape index (κ2) is 9.02. The zero-order valence-electron chi connectivity index (χ0n) is 14.1. The van der Waals surface area contributed by atoms with Crippen molar-refractivity contribution in [2.45, 2.75) is 39.2 Å². The molecule has 0 fully saturated rings. The van der Waals surface area contributed by atoms with Crippen molar-refractivity contribution in [3.05, 3.63) is 23.8 Å². The van der Waals surface area contributed by atoms with Crippen molar-refractivity contribution >= 4 is 11.9 Å². The lowest BCUT2D eigenvalue weighted by Crippen LogP contribution is -2.41. The lowest BCUT2D eigenvalue weighted by molar-refractivity contribution is -0.142. The summed E-state index contributed by atoms with van der Waals surface area (Å²) in [5.74, 6) is 0.222. The van der Waals surface area contributed by atoms with Gasteiger partial charge in [-0.1, -0.05) is 13.8 Å². The van der Waals surface area contributed by atoms with E-state index in [1.807, 2.05) is 26.0 Å². The van der Waals surface area contributed by atoms with Crippen LogP contribution in [0.1, 0.15) is 32.3 Å². The predicted octanol–water partition coefficient (Wildman–Crippen LogP) is 2.25. The zero-order chi connectivity index (χ0) is 17.4. The average molecular weight is 323 g/mol. The molecule has 0 aliphatic rings. The van der Waals surface area contributed by atoms with Gasteiger partial charge in [0, 0.05) is 12.5 Å². The molecule has 0 radical (unpaired) electrons. The fourth-order valence-electron chi connectivity index (χ4n) is 2.23. The number of rotatable bonds is 9. The highest BCUT2D eigenvalue weighted by Gasteiger charge is 2.20. The van der Waals surface area contributed by atoms with E-state index < -0.39 is 12.0 Å². The minimum absolute atomic E-state index is 0.194. The van der Waals surface area contributed by atoms with Crippen molar-refractivity contribution in [2.24, 2.45) is 5.92 Å². The summed E-state index contributed by atoms with van der Waals surface area (Å²) in [5, 5.41) is 11.7. The Labute approximate surface area is 136 Å². The maximum absolute atomic E-state index is 12.0. The van der Waals surface area contributed by atoms with Gasteiger partial charge in [-0.05, 0) is 36.5 Å². The molecule has 0 saturated heterocycles. The van der Waals surface area contributed by atoms with Crippen molar-refractivity contribution in [1.82, 2.24) is 5.32 Å². The molecule has 2 N–H and O–H groups in total. The first-order valence-electron chi connectivity index (χ1n) is 7.59. The van der Waals surface area contributed by atoms with E-state index in [1.54, 1.807) is 20.3 Å². The van der Waals surface area contributed by atoms with Crippen molar-refractivity contribution in [2.75, 3.05) is 14.2 Å². The Morgan fingerprint density at radius 3 is 2.13 bits per heavy atom. The first-order valence-corrected chi connectivity index (χ1v) is 7.59. The smallest absolute Gasteiger partial charge is 0.326 e. The summed E-state index contributed by atoms with van der Waals surface area (Å²) in [5.41, 5.74) is 0.895. The number of carbonyl (C=O) groups excluding carboxylic acids is 1. The lowest BCUT2D eigenvalue weighted by Gasteiger charge is -2.16. The fraction of sp³-hybridized carbons (Fsp3) is 0.529. The van der Waals surface area contributed by atoms with E-state index in [0.717, 1.165) is 5.56 Å². The van der Waals surface area contributed by atoms with Gasteiger partial charge in [-0.25, -0.2) is 4.79 Å². The number of benzene rings is 1. The van der Waals surface area contributed by atoms with E-state index in [4.69, 9.17) is 14.6 Å². The molecule has 1 rings (SSSR count). The minimum Gasteiger partial charge on any atom is -0.497 e. The zero-order valence-corrected chi connectivity index (χ0v) is 14.1. The number of hydrogen-bond acceptors (Lipinski definition) is 4. The van der Waals surface area contributed by atoms with E-state index in [2.05, 4.69) is 5.32 Å². The van der Waals surface area contributed by atoms with Gasteiger partial charge < -0.3 is 19.9 Å². The number of ether oxygens (including phenoxy) is 2. The summed E-state index contributed by atoms with van der Waals surface area (Å²) < 4.78 is 10.4. The quantitative estimate of drug-likeness (QED) is 0.728. The van der Waals surface area contributed by atoms with Crippen LogP contribution >= 0.6 is 0 Å². The number of carboxylic acids is 1. The maximum atomic E-state index is 12.0. The number of nitrogens with one attached hydrogen (secondary N) is 1. The Morgan fingerprint density at radius 2 is 1.70 bits per heavy atom. The first-order chi connectivity index (χ1) is 10.8. The molecule has 6 heteroatoms. The summed E-state index contributed by atoms with van der Waals surface area (Å²) in [6.45, 7) is 3.84. The number of aliphatic carboxylic acids is 1. The second-order valence-corrected chi connectivity index (χ2v) is 5.81. The predicted molar refractivity (Wildman–Crippen MR) is 86.9 cm³/mol. The summed E-state index contributed by atoms with van der Waals surface area (Å²) in [7, 11) is 3.13. The highest BCUT2D eigenvalue weighted by atomic mass is 16.5. The molecule has 1 aromatic rings. The third-order valence-electron chi connectivity index (χ3n) is 3.39. The van der Waals surface area contributed by atoms with Crippen molar-refractivity contribution in [3.8, 4) is 11.5 Å². The number of carboxylic acid groups (broad SMARTS) is 1. The topological polar surface area (TPSA) is 84.9 Å². The Hall–Kier alpha value is -2.24. The van der Waals surface area contributed by atoms with Crippen LogP contribution in [-0.4, -0.2) is 37.2 Å². The molecule has 0 bridgehead atoms. The van der Waals surface area contributed by atoms with Crippen LogP contribution < -0.4 is 14.8 Å². The van der Waals surface area contributed by atoms with Crippen LogP contribution in [0.2, 0.25) is 0 Å². The number of hydrogen-bond donors (Lipinski definition) is 2. The molecule has 0 saturated carbocycles. The van der Waals surface area contributed by atoms with Gasteiger partial charge in [0.05, 0.1) is 14.2 Å². The fourth-order valence-corrected chi connectivity index (χ4v) is 2.23. The number of amides is 1. The van der Waals surface area contributed by atoms with E-state index >= 15 is 0 Å². The SMILES string of the molecule is COc1cc(CCC(=O)N[C@H](CC(C)C)C(=O)O)cc(OC)c1. The summed E-state index contributed by atoms with van der Waals surface area (Å²) in [6.07, 6.45) is 1.10. The third kappa shape index (κ3) is 6.59. The van der Waals surface area contributed by atoms with Gasteiger partial charge in [0.25, 0.3) is 0 Å². The van der Waals surface area contributed by atoms with Crippen molar-refractivity contribution < 1.29 is 24.2 Å². The Kier molecular flexibility index (Phi) is 7.38. The monoisotopic (exact) mass is 323 g/mol. The second-order valence-electron chi connectivity index (χ2n) is 5.81. The van der Waals surface area contributed by atoms with Gasteiger partial charge in [-0.3, -0.25) is 4.79 Å². The van der Waals surface area contributed by atoms with Crippen LogP contribution in [0.4, 0.5) is 0 Å². The number of carbonyl (C=O) groups is 2. The highest BCUT2D eigenvalue weighted by molar-refractivity contribution is 5.83. The highest BCUT2D eigenvalue weighted by Crippen LogP contribution is 2.23. The third-order valence-corrected chi connectivity index (χ3v) is 3.39. The van der Waals surface area contributed by atoms with E-state index in [1.165, 1.54) is 0 Å². The molecule has 0 aliphatic heterocycles. The van der Waals surface area contributed by atoms with Gasteiger partial charge in [-0.15, -0.1) is 0 Å². The summed E-state index contributed by atoms with van der Waals surface area (Å²) >= 11 is 0. The minimum atomic E-state index is -1.00. The molecule has 1 amide bonds. The Balaban J connectivity index is 2.63. The van der Waals surface area contributed by atoms with Crippen LogP contribution in [0.5, 0.6) is 11.5 Å². The van der Waals surface area contributed by atoms with Gasteiger partial charge in [-0.2, -0.15) is 0 Å². The molecule has 0 heterocycles. The number of aryl methyl sites for hydroxylation is 1. The van der Waals surface area contributed by atoms with Gasteiger partial charge >= 0.3 is 5.97 Å². The molecule has 128 valence electrons. The van der Waals surface area contributed by atoms with Crippen LogP contribution in [-0.2, 0) is 16.0 Å². The maximum Gasteiger partial charge on any atom is 0.326 e. The van der Waals surface area contributed by atoms with Crippen LogP contribution in [0, 0.1) is 5.92 Å².